The number of nitrogens with one attached hydrogen (secondary N) is 1. The van der Waals surface area contributed by atoms with E-state index in [0.29, 0.717) is 0 Å². The van der Waals surface area contributed by atoms with Crippen molar-refractivity contribution in [3.8, 4) is 0 Å². The Labute approximate surface area is 111 Å². The predicted octanol–water partition coefficient (Wildman–Crippen LogP) is 3.61. The number of hydrogen-bond acceptors (Lipinski definition) is 3. The molecule has 2 rings (SSSR count). The Morgan fingerprint density at radius 3 is 2.82 bits per heavy atom. The lowest BCUT2D eigenvalue weighted by Gasteiger charge is -2.15. The summed E-state index contributed by atoms with van der Waals surface area (Å²) in [5.74, 6) is 0. The van der Waals surface area contributed by atoms with Crippen LogP contribution in [0.3, 0.4) is 0 Å². The van der Waals surface area contributed by atoms with Crippen LogP contribution in [0.2, 0.25) is 4.34 Å². The number of rotatable bonds is 4. The summed E-state index contributed by atoms with van der Waals surface area (Å²) in [5, 5.41) is 3.30. The third kappa shape index (κ3) is 3.28. The fourth-order valence-electron chi connectivity index (χ4n) is 1.77. The lowest BCUT2D eigenvalue weighted by molar-refractivity contribution is 0.579. The van der Waals surface area contributed by atoms with Crippen LogP contribution in [0.1, 0.15) is 22.2 Å². The third-order valence-corrected chi connectivity index (χ3v) is 3.93. The average molecular weight is 267 g/mol. The van der Waals surface area contributed by atoms with Gasteiger partial charge in [0.15, 0.2) is 0 Å². The summed E-state index contributed by atoms with van der Waals surface area (Å²) in [7, 11) is 1.96. The van der Waals surface area contributed by atoms with E-state index in [2.05, 4.69) is 29.4 Å². The largest absolute Gasteiger partial charge is 0.311 e. The van der Waals surface area contributed by atoms with E-state index in [1.807, 2.05) is 25.4 Å². The number of pyridine rings is 1. The number of aryl methyl sites for hydroxylation is 1. The molecular formula is C13H15ClN2S. The first-order valence-corrected chi connectivity index (χ1v) is 6.72. The predicted molar refractivity (Wildman–Crippen MR) is 73.8 cm³/mol. The van der Waals surface area contributed by atoms with E-state index in [-0.39, 0.29) is 6.04 Å². The SMILES string of the molecule is CNC(Cc1ccc(Cl)s1)c1cc(C)ccn1. The molecule has 2 heterocycles. The molecule has 0 aliphatic rings. The van der Waals surface area contributed by atoms with E-state index in [1.54, 1.807) is 11.3 Å². The Balaban J connectivity index is 2.16. The summed E-state index contributed by atoms with van der Waals surface area (Å²) in [6, 6.07) is 8.39. The Bertz CT molecular complexity index is 496. The van der Waals surface area contributed by atoms with Gasteiger partial charge in [0.2, 0.25) is 0 Å². The molecule has 0 aliphatic heterocycles. The number of nitrogens with zero attached hydrogens (tertiary/aromatic N) is 1. The number of aromatic nitrogens is 1. The van der Waals surface area contributed by atoms with Crippen molar-refractivity contribution in [2.75, 3.05) is 7.05 Å². The molecule has 0 aromatic carbocycles. The highest BCUT2D eigenvalue weighted by Crippen LogP contribution is 2.26. The molecule has 1 unspecified atom stereocenters. The zero-order valence-electron chi connectivity index (χ0n) is 9.90. The molecule has 1 atom stereocenters. The average Bonchev–Trinajstić information content (AvgIpc) is 2.72. The Morgan fingerprint density at radius 2 is 2.24 bits per heavy atom. The smallest absolute Gasteiger partial charge is 0.0931 e. The van der Waals surface area contributed by atoms with Gasteiger partial charge in [-0.15, -0.1) is 11.3 Å². The molecule has 0 aliphatic carbocycles. The van der Waals surface area contributed by atoms with E-state index in [1.165, 1.54) is 10.4 Å². The summed E-state index contributed by atoms with van der Waals surface area (Å²) in [4.78, 5) is 5.70. The number of halogens is 1. The topological polar surface area (TPSA) is 24.9 Å². The molecule has 17 heavy (non-hydrogen) atoms. The van der Waals surface area contributed by atoms with Gasteiger partial charge >= 0.3 is 0 Å². The molecule has 0 bridgehead atoms. The van der Waals surface area contributed by atoms with Gasteiger partial charge in [-0.25, -0.2) is 0 Å². The maximum atomic E-state index is 5.94. The van der Waals surface area contributed by atoms with Crippen LogP contribution in [0.15, 0.2) is 30.5 Å². The minimum absolute atomic E-state index is 0.240. The van der Waals surface area contributed by atoms with Crippen molar-refractivity contribution in [3.63, 3.8) is 0 Å². The lowest BCUT2D eigenvalue weighted by atomic mass is 10.1. The molecule has 0 fully saturated rings. The van der Waals surface area contributed by atoms with Crippen LogP contribution >= 0.6 is 22.9 Å². The molecule has 90 valence electrons. The minimum Gasteiger partial charge on any atom is -0.311 e. The summed E-state index contributed by atoms with van der Waals surface area (Å²) in [6.07, 6.45) is 2.78. The van der Waals surface area contributed by atoms with Gasteiger partial charge in [0.1, 0.15) is 0 Å². The van der Waals surface area contributed by atoms with Crippen molar-refractivity contribution >= 4 is 22.9 Å². The first-order valence-electron chi connectivity index (χ1n) is 5.53. The minimum atomic E-state index is 0.240. The molecule has 2 nitrogen and oxygen atoms in total. The van der Waals surface area contributed by atoms with Crippen molar-refractivity contribution in [2.45, 2.75) is 19.4 Å². The van der Waals surface area contributed by atoms with Gasteiger partial charge in [0, 0.05) is 17.5 Å². The number of likely N-dealkylation sites (N-methyl/N-ethyl adjacent to an activating group) is 1. The molecule has 0 saturated heterocycles. The van der Waals surface area contributed by atoms with Gasteiger partial charge in [0.05, 0.1) is 16.1 Å². The van der Waals surface area contributed by atoms with Gasteiger partial charge in [-0.05, 0) is 43.8 Å². The van der Waals surface area contributed by atoms with Crippen LogP contribution in [-0.4, -0.2) is 12.0 Å². The van der Waals surface area contributed by atoms with Crippen LogP contribution in [0, 0.1) is 6.92 Å². The second-order valence-corrected chi connectivity index (χ2v) is 5.81. The Hall–Kier alpha value is -0.900. The van der Waals surface area contributed by atoms with Gasteiger partial charge < -0.3 is 5.32 Å². The molecule has 0 amide bonds. The van der Waals surface area contributed by atoms with Crippen molar-refractivity contribution in [1.29, 1.82) is 0 Å². The van der Waals surface area contributed by atoms with Gasteiger partial charge in [0.25, 0.3) is 0 Å². The van der Waals surface area contributed by atoms with Crippen LogP contribution in [-0.2, 0) is 6.42 Å². The first kappa shape index (κ1) is 12.6. The Kier molecular flexibility index (Phi) is 4.15. The third-order valence-electron chi connectivity index (χ3n) is 2.68. The summed E-state index contributed by atoms with van der Waals surface area (Å²) in [5.41, 5.74) is 2.32. The standard InChI is InChI=1S/C13H15ClN2S/c1-9-5-6-16-12(7-9)11(15-2)8-10-3-4-13(14)17-10/h3-7,11,15H,8H2,1-2H3. The normalized spacial score (nSPS) is 12.6. The monoisotopic (exact) mass is 266 g/mol. The highest BCUT2D eigenvalue weighted by molar-refractivity contribution is 7.16. The zero-order chi connectivity index (χ0) is 12.3. The van der Waals surface area contributed by atoms with Crippen LogP contribution < -0.4 is 5.32 Å². The van der Waals surface area contributed by atoms with E-state index in [0.717, 1.165) is 16.5 Å². The zero-order valence-corrected chi connectivity index (χ0v) is 11.5. The molecule has 2 aromatic rings. The first-order chi connectivity index (χ1) is 8.19. The molecule has 1 N–H and O–H groups in total. The lowest BCUT2D eigenvalue weighted by Crippen LogP contribution is -2.19. The highest BCUT2D eigenvalue weighted by Gasteiger charge is 2.12. The number of hydrogen-bond donors (Lipinski definition) is 1. The quantitative estimate of drug-likeness (QED) is 0.915. The summed E-state index contributed by atoms with van der Waals surface area (Å²) in [6.45, 7) is 2.08. The highest BCUT2D eigenvalue weighted by atomic mass is 35.5. The summed E-state index contributed by atoms with van der Waals surface area (Å²) >= 11 is 7.57. The molecule has 0 saturated carbocycles. The molecule has 4 heteroatoms. The van der Waals surface area contributed by atoms with E-state index in [4.69, 9.17) is 11.6 Å². The summed E-state index contributed by atoms with van der Waals surface area (Å²) < 4.78 is 0.840. The van der Waals surface area contributed by atoms with Crippen LogP contribution in [0.25, 0.3) is 0 Å². The molecule has 0 radical (unpaired) electrons. The maximum absolute atomic E-state index is 5.94. The molecular weight excluding hydrogens is 252 g/mol. The second kappa shape index (κ2) is 5.63. The van der Waals surface area contributed by atoms with Gasteiger partial charge in [-0.2, -0.15) is 0 Å². The molecule has 0 spiro atoms. The van der Waals surface area contributed by atoms with E-state index >= 15 is 0 Å². The molecule has 2 aromatic heterocycles. The van der Waals surface area contributed by atoms with Crippen molar-refractivity contribution in [2.24, 2.45) is 0 Å². The van der Waals surface area contributed by atoms with Crippen LogP contribution in [0.4, 0.5) is 0 Å². The fraction of sp³-hybridized carbons (Fsp3) is 0.308. The second-order valence-electron chi connectivity index (χ2n) is 4.01. The van der Waals surface area contributed by atoms with E-state index < -0.39 is 0 Å². The van der Waals surface area contributed by atoms with E-state index in [9.17, 15) is 0 Å². The van der Waals surface area contributed by atoms with Crippen molar-refractivity contribution < 1.29 is 0 Å². The maximum Gasteiger partial charge on any atom is 0.0931 e. The van der Waals surface area contributed by atoms with Gasteiger partial charge in [-0.1, -0.05) is 11.6 Å². The number of thiophene rings is 1. The Morgan fingerprint density at radius 1 is 1.41 bits per heavy atom. The van der Waals surface area contributed by atoms with Crippen LogP contribution in [0.5, 0.6) is 0 Å². The van der Waals surface area contributed by atoms with Crippen molar-refractivity contribution in [1.82, 2.24) is 10.3 Å². The van der Waals surface area contributed by atoms with Gasteiger partial charge in [-0.3, -0.25) is 4.98 Å². The van der Waals surface area contributed by atoms with Crippen molar-refractivity contribution in [3.05, 3.63) is 50.9 Å². The fourth-order valence-corrected chi connectivity index (χ4v) is 2.90.